The standard InChI is InChI=1S/C23H28N4O4S2/c1-3-30-11-6-9-24-19-17(21(28)26-10-4-7-15(2)20(26)25-19)13-18-22(29)27(23(32)33-18)14-16-8-5-12-31-16/h4,7,10,13,16,24H,3,5-6,8-9,11-12,14H2,1-2H3. The molecule has 0 spiro atoms. The Labute approximate surface area is 202 Å². The van der Waals surface area contributed by atoms with Crippen molar-refractivity contribution < 1.29 is 14.3 Å². The Hall–Kier alpha value is -2.27. The topological polar surface area (TPSA) is 85.2 Å². The first kappa shape index (κ1) is 23.9. The van der Waals surface area contributed by atoms with Gasteiger partial charge in [0.2, 0.25) is 0 Å². The van der Waals surface area contributed by atoms with Crippen LogP contribution in [0.5, 0.6) is 0 Å². The molecule has 1 atom stereocenters. The number of rotatable bonds is 9. The Morgan fingerprint density at radius 1 is 1.42 bits per heavy atom. The van der Waals surface area contributed by atoms with Crippen LogP contribution in [0.2, 0.25) is 0 Å². The van der Waals surface area contributed by atoms with Crippen LogP contribution in [0.25, 0.3) is 11.7 Å². The molecule has 2 fully saturated rings. The summed E-state index contributed by atoms with van der Waals surface area (Å²) < 4.78 is 13.1. The second kappa shape index (κ2) is 10.8. The Morgan fingerprint density at radius 3 is 3.03 bits per heavy atom. The van der Waals surface area contributed by atoms with E-state index in [0.717, 1.165) is 24.8 Å². The third-order valence-corrected chi connectivity index (χ3v) is 6.98. The van der Waals surface area contributed by atoms with Gasteiger partial charge in [0.05, 0.1) is 23.1 Å². The molecular formula is C23H28N4O4S2. The van der Waals surface area contributed by atoms with Crippen molar-refractivity contribution in [2.75, 3.05) is 38.2 Å². The lowest BCUT2D eigenvalue weighted by atomic mass is 10.2. The number of thiocarbonyl (C=S) groups is 1. The molecule has 2 saturated heterocycles. The van der Waals surface area contributed by atoms with Crippen LogP contribution in [0.4, 0.5) is 5.82 Å². The van der Waals surface area contributed by atoms with Crippen molar-refractivity contribution in [3.63, 3.8) is 0 Å². The van der Waals surface area contributed by atoms with Crippen LogP contribution >= 0.6 is 24.0 Å². The number of fused-ring (bicyclic) bond motifs is 1. The second-order valence-corrected chi connectivity index (χ2v) is 9.64. The molecule has 4 heterocycles. The zero-order valence-electron chi connectivity index (χ0n) is 18.8. The van der Waals surface area contributed by atoms with Crippen molar-refractivity contribution in [3.8, 4) is 0 Å². The lowest BCUT2D eigenvalue weighted by Crippen LogP contribution is -2.35. The highest BCUT2D eigenvalue weighted by Gasteiger charge is 2.35. The summed E-state index contributed by atoms with van der Waals surface area (Å²) in [5, 5.41) is 3.27. The van der Waals surface area contributed by atoms with Crippen molar-refractivity contribution in [1.82, 2.24) is 14.3 Å². The molecule has 1 amide bonds. The van der Waals surface area contributed by atoms with Crippen LogP contribution in [0.1, 0.15) is 37.3 Å². The fourth-order valence-corrected chi connectivity index (χ4v) is 5.14. The average molecular weight is 489 g/mol. The van der Waals surface area contributed by atoms with Crippen LogP contribution in [0, 0.1) is 6.92 Å². The molecule has 176 valence electrons. The van der Waals surface area contributed by atoms with Crippen LogP contribution in [0.3, 0.4) is 0 Å². The molecule has 10 heteroatoms. The molecule has 1 unspecified atom stereocenters. The molecule has 33 heavy (non-hydrogen) atoms. The fraction of sp³-hybridized carbons (Fsp3) is 0.478. The molecular weight excluding hydrogens is 460 g/mol. The van der Waals surface area contributed by atoms with E-state index in [1.807, 2.05) is 26.0 Å². The number of aromatic nitrogens is 2. The number of amides is 1. The number of thioether (sulfide) groups is 1. The number of carbonyl (C=O) groups excluding carboxylic acids is 1. The molecule has 2 aliphatic heterocycles. The molecule has 2 aromatic heterocycles. The molecule has 0 bridgehead atoms. The summed E-state index contributed by atoms with van der Waals surface area (Å²) in [5.41, 5.74) is 1.58. The lowest BCUT2D eigenvalue weighted by molar-refractivity contribution is -0.123. The minimum absolute atomic E-state index is 0.00496. The van der Waals surface area contributed by atoms with E-state index in [0.29, 0.717) is 59.2 Å². The summed E-state index contributed by atoms with van der Waals surface area (Å²) in [4.78, 5) is 33.2. The summed E-state index contributed by atoms with van der Waals surface area (Å²) in [7, 11) is 0. The number of nitrogens with one attached hydrogen (secondary N) is 1. The van der Waals surface area contributed by atoms with E-state index >= 15 is 0 Å². The van der Waals surface area contributed by atoms with Crippen LogP contribution in [-0.2, 0) is 14.3 Å². The maximum Gasteiger partial charge on any atom is 0.267 e. The van der Waals surface area contributed by atoms with E-state index in [4.69, 9.17) is 26.7 Å². The van der Waals surface area contributed by atoms with Crippen LogP contribution in [0.15, 0.2) is 28.0 Å². The van der Waals surface area contributed by atoms with Crippen LogP contribution < -0.4 is 10.9 Å². The van der Waals surface area contributed by atoms with Gasteiger partial charge in [-0.15, -0.1) is 0 Å². The monoisotopic (exact) mass is 488 g/mol. The molecule has 2 aliphatic rings. The SMILES string of the molecule is CCOCCCNc1nc2c(C)cccn2c(=O)c1C=C1SC(=S)N(CC2CCCO2)C1=O. The van der Waals surface area contributed by atoms with Gasteiger partial charge < -0.3 is 14.8 Å². The van der Waals surface area contributed by atoms with E-state index in [2.05, 4.69) is 5.32 Å². The highest BCUT2D eigenvalue weighted by atomic mass is 32.2. The van der Waals surface area contributed by atoms with E-state index in [9.17, 15) is 9.59 Å². The number of aryl methyl sites for hydroxylation is 1. The highest BCUT2D eigenvalue weighted by molar-refractivity contribution is 8.26. The quantitative estimate of drug-likeness (QED) is 0.327. The number of hydrogen-bond acceptors (Lipinski definition) is 8. The normalized spacial score (nSPS) is 19.9. The maximum atomic E-state index is 13.4. The predicted octanol–water partition coefficient (Wildman–Crippen LogP) is 3.22. The second-order valence-electron chi connectivity index (χ2n) is 7.97. The summed E-state index contributed by atoms with van der Waals surface area (Å²) in [5.74, 6) is 0.256. The largest absolute Gasteiger partial charge is 0.382 e. The Balaban J connectivity index is 1.66. The van der Waals surface area contributed by atoms with Gasteiger partial charge in [-0.05, 0) is 50.8 Å². The summed E-state index contributed by atoms with van der Waals surface area (Å²) in [6, 6.07) is 3.72. The highest BCUT2D eigenvalue weighted by Crippen LogP contribution is 2.34. The molecule has 0 radical (unpaired) electrons. The first-order valence-corrected chi connectivity index (χ1v) is 12.4. The molecule has 1 N–H and O–H groups in total. The van der Waals surface area contributed by atoms with Gasteiger partial charge in [0.25, 0.3) is 11.5 Å². The number of anilines is 1. The summed E-state index contributed by atoms with van der Waals surface area (Å²) in [6.07, 6.45) is 5.99. The molecule has 0 aliphatic carbocycles. The number of pyridine rings is 1. The van der Waals surface area contributed by atoms with Crippen molar-refractivity contribution in [1.29, 1.82) is 0 Å². The third-order valence-electron chi connectivity index (χ3n) is 5.61. The van der Waals surface area contributed by atoms with Crippen molar-refractivity contribution >= 4 is 51.7 Å². The van der Waals surface area contributed by atoms with Crippen LogP contribution in [-0.4, -0.2) is 63.5 Å². The molecule has 0 aromatic carbocycles. The number of nitrogens with zero attached hydrogens (tertiary/aromatic N) is 3. The van der Waals surface area contributed by atoms with Gasteiger partial charge in [-0.25, -0.2) is 4.98 Å². The zero-order valence-corrected chi connectivity index (χ0v) is 20.5. The molecule has 0 saturated carbocycles. The Kier molecular flexibility index (Phi) is 7.79. The first-order valence-electron chi connectivity index (χ1n) is 11.2. The van der Waals surface area contributed by atoms with Gasteiger partial charge in [-0.2, -0.15) is 0 Å². The fourth-order valence-electron chi connectivity index (χ4n) is 3.88. The van der Waals surface area contributed by atoms with Gasteiger partial charge >= 0.3 is 0 Å². The lowest BCUT2D eigenvalue weighted by Gasteiger charge is -2.18. The zero-order chi connectivity index (χ0) is 23.4. The van der Waals surface area contributed by atoms with Gasteiger partial charge in [-0.1, -0.05) is 30.0 Å². The number of hydrogen-bond donors (Lipinski definition) is 1. The molecule has 4 rings (SSSR count). The van der Waals surface area contributed by atoms with Gasteiger partial charge in [0, 0.05) is 32.6 Å². The van der Waals surface area contributed by atoms with E-state index < -0.39 is 0 Å². The van der Waals surface area contributed by atoms with E-state index in [1.54, 1.807) is 17.2 Å². The maximum absolute atomic E-state index is 13.4. The van der Waals surface area contributed by atoms with Crippen molar-refractivity contribution in [2.45, 2.75) is 39.2 Å². The van der Waals surface area contributed by atoms with Gasteiger partial charge in [0.1, 0.15) is 15.8 Å². The molecule has 2 aromatic rings. The van der Waals surface area contributed by atoms with Crippen molar-refractivity contribution in [2.24, 2.45) is 0 Å². The third kappa shape index (κ3) is 5.29. The van der Waals surface area contributed by atoms with E-state index in [1.165, 1.54) is 16.2 Å². The minimum atomic E-state index is -0.236. The van der Waals surface area contributed by atoms with Gasteiger partial charge in [0.15, 0.2) is 0 Å². The van der Waals surface area contributed by atoms with Crippen molar-refractivity contribution in [3.05, 3.63) is 44.7 Å². The van der Waals surface area contributed by atoms with E-state index in [-0.39, 0.29) is 17.6 Å². The Bertz CT molecular complexity index is 1140. The summed E-state index contributed by atoms with van der Waals surface area (Å²) in [6.45, 7) is 6.90. The predicted molar refractivity (Wildman–Crippen MR) is 135 cm³/mol. The first-order chi connectivity index (χ1) is 16.0. The smallest absolute Gasteiger partial charge is 0.267 e. The Morgan fingerprint density at radius 2 is 2.27 bits per heavy atom. The molecule has 8 nitrogen and oxygen atoms in total. The summed E-state index contributed by atoms with van der Waals surface area (Å²) >= 11 is 6.67. The number of carbonyl (C=O) groups is 1. The number of ether oxygens (including phenoxy) is 2. The average Bonchev–Trinajstić information content (AvgIpc) is 3.40. The van der Waals surface area contributed by atoms with Gasteiger partial charge in [-0.3, -0.25) is 18.9 Å². The minimum Gasteiger partial charge on any atom is -0.382 e.